The highest BCUT2D eigenvalue weighted by molar-refractivity contribution is 5.76. The molecule has 0 amide bonds. The van der Waals surface area contributed by atoms with Gasteiger partial charge in [-0.3, -0.25) is 4.79 Å². The maximum absolute atomic E-state index is 10.7. The van der Waals surface area contributed by atoms with Crippen LogP contribution in [0.1, 0.15) is 24.4 Å². The van der Waals surface area contributed by atoms with Crippen LogP contribution in [-0.4, -0.2) is 28.2 Å². The van der Waals surface area contributed by atoms with Crippen molar-refractivity contribution in [3.63, 3.8) is 0 Å². The molecule has 0 aliphatic heterocycles. The molecule has 0 fully saturated rings. The van der Waals surface area contributed by atoms with Gasteiger partial charge in [0.25, 0.3) is 0 Å². The maximum atomic E-state index is 10.7. The van der Waals surface area contributed by atoms with Crippen LogP contribution in [0, 0.1) is 0 Å². The summed E-state index contributed by atoms with van der Waals surface area (Å²) in [6, 6.07) is 12.7. The van der Waals surface area contributed by atoms with Crippen molar-refractivity contribution in [1.29, 1.82) is 0 Å². The zero-order chi connectivity index (χ0) is 17.1. The number of rotatable bonds is 6. The van der Waals surface area contributed by atoms with Crippen LogP contribution in [-0.2, 0) is 11.2 Å². The van der Waals surface area contributed by atoms with Gasteiger partial charge in [-0.1, -0.05) is 12.1 Å². The number of aromatic amines is 1. The second-order valence-corrected chi connectivity index (χ2v) is 5.48. The molecule has 1 heterocycles. The molecule has 6 nitrogen and oxygen atoms in total. The number of hydrogen-bond acceptors (Lipinski definition) is 4. The van der Waals surface area contributed by atoms with Crippen molar-refractivity contribution in [3.8, 4) is 11.5 Å². The summed E-state index contributed by atoms with van der Waals surface area (Å²) in [7, 11) is 1.62. The Kier molecular flexibility index (Phi) is 4.37. The van der Waals surface area contributed by atoms with E-state index in [0.717, 1.165) is 22.3 Å². The van der Waals surface area contributed by atoms with Crippen LogP contribution in [0.3, 0.4) is 0 Å². The summed E-state index contributed by atoms with van der Waals surface area (Å²) in [4.78, 5) is 18.5. The van der Waals surface area contributed by atoms with E-state index >= 15 is 0 Å². The van der Waals surface area contributed by atoms with Crippen molar-refractivity contribution in [3.05, 3.63) is 53.9 Å². The summed E-state index contributed by atoms with van der Waals surface area (Å²) in [5.41, 5.74) is 2.47. The van der Waals surface area contributed by atoms with E-state index in [2.05, 4.69) is 9.97 Å². The van der Waals surface area contributed by atoms with Crippen LogP contribution < -0.4 is 9.47 Å². The van der Waals surface area contributed by atoms with E-state index in [1.165, 1.54) is 0 Å². The number of aromatic nitrogens is 2. The minimum absolute atomic E-state index is 0.00123. The highest BCUT2D eigenvalue weighted by atomic mass is 16.5. The van der Waals surface area contributed by atoms with E-state index in [9.17, 15) is 4.79 Å². The van der Waals surface area contributed by atoms with Crippen molar-refractivity contribution < 1.29 is 19.4 Å². The molecule has 6 heteroatoms. The Labute approximate surface area is 139 Å². The first-order valence-electron chi connectivity index (χ1n) is 7.56. The fourth-order valence-electron chi connectivity index (χ4n) is 2.45. The molecule has 0 aliphatic rings. The topological polar surface area (TPSA) is 84.4 Å². The van der Waals surface area contributed by atoms with Gasteiger partial charge in [0.2, 0.25) is 0 Å². The largest absolute Gasteiger partial charge is 0.497 e. The quantitative estimate of drug-likeness (QED) is 0.726. The lowest BCUT2D eigenvalue weighted by molar-refractivity contribution is -0.136. The highest BCUT2D eigenvalue weighted by Crippen LogP contribution is 2.24. The molecule has 0 aliphatic carbocycles. The number of carboxylic acids is 1. The SMILES string of the molecule is COc1ccc2nc(C(C)Oc3ccc(CC(=O)O)cc3)[nH]c2c1. The van der Waals surface area contributed by atoms with Gasteiger partial charge in [-0.05, 0) is 36.8 Å². The van der Waals surface area contributed by atoms with Gasteiger partial charge in [-0.15, -0.1) is 0 Å². The molecule has 124 valence electrons. The summed E-state index contributed by atoms with van der Waals surface area (Å²) in [6.45, 7) is 1.90. The molecule has 0 spiro atoms. The van der Waals surface area contributed by atoms with E-state index in [1.54, 1.807) is 31.4 Å². The number of methoxy groups -OCH3 is 1. The molecule has 0 bridgehead atoms. The third-order valence-corrected chi connectivity index (χ3v) is 3.68. The lowest BCUT2D eigenvalue weighted by Gasteiger charge is -2.12. The van der Waals surface area contributed by atoms with Crippen LogP contribution in [0.4, 0.5) is 0 Å². The summed E-state index contributed by atoms with van der Waals surface area (Å²) >= 11 is 0. The highest BCUT2D eigenvalue weighted by Gasteiger charge is 2.13. The number of imidazole rings is 1. The number of hydrogen-bond donors (Lipinski definition) is 2. The van der Waals surface area contributed by atoms with Gasteiger partial charge in [0.15, 0.2) is 6.10 Å². The van der Waals surface area contributed by atoms with E-state index in [4.69, 9.17) is 14.6 Å². The molecule has 0 saturated heterocycles. The Morgan fingerprint density at radius 1 is 1.21 bits per heavy atom. The number of nitrogens with one attached hydrogen (secondary N) is 1. The van der Waals surface area contributed by atoms with Gasteiger partial charge in [-0.2, -0.15) is 0 Å². The van der Waals surface area contributed by atoms with Crippen LogP contribution in [0.2, 0.25) is 0 Å². The first kappa shape index (κ1) is 15.9. The summed E-state index contributed by atoms with van der Waals surface area (Å²) in [5.74, 6) is 1.29. The first-order valence-corrected chi connectivity index (χ1v) is 7.56. The van der Waals surface area contributed by atoms with Gasteiger partial charge in [0.05, 0.1) is 24.6 Å². The van der Waals surface area contributed by atoms with Crippen LogP contribution in [0.15, 0.2) is 42.5 Å². The third-order valence-electron chi connectivity index (χ3n) is 3.68. The lowest BCUT2D eigenvalue weighted by atomic mass is 10.1. The summed E-state index contributed by atoms with van der Waals surface area (Å²) in [5, 5.41) is 8.78. The average molecular weight is 326 g/mol. The molecule has 0 saturated carbocycles. The number of nitrogens with zero attached hydrogens (tertiary/aromatic N) is 1. The summed E-state index contributed by atoms with van der Waals surface area (Å²) < 4.78 is 11.1. The Balaban J connectivity index is 1.74. The average Bonchev–Trinajstić information content (AvgIpc) is 2.99. The molecule has 2 N–H and O–H groups in total. The Bertz CT molecular complexity index is 855. The molecule has 24 heavy (non-hydrogen) atoms. The zero-order valence-corrected chi connectivity index (χ0v) is 13.4. The molecule has 0 radical (unpaired) electrons. The Morgan fingerprint density at radius 3 is 2.58 bits per heavy atom. The third kappa shape index (κ3) is 3.48. The Hall–Kier alpha value is -3.02. The van der Waals surface area contributed by atoms with Crippen molar-refractivity contribution in [1.82, 2.24) is 9.97 Å². The van der Waals surface area contributed by atoms with Crippen LogP contribution in [0.25, 0.3) is 11.0 Å². The first-order chi connectivity index (χ1) is 11.5. The molecule has 3 rings (SSSR count). The van der Waals surface area contributed by atoms with Crippen LogP contribution in [0.5, 0.6) is 11.5 Å². The predicted molar refractivity (Wildman–Crippen MR) is 89.5 cm³/mol. The van der Waals surface area contributed by atoms with Gasteiger partial charge >= 0.3 is 5.97 Å². The van der Waals surface area contributed by atoms with Crippen molar-refractivity contribution in [2.45, 2.75) is 19.4 Å². The summed E-state index contributed by atoms with van der Waals surface area (Å²) in [6.07, 6.45) is -0.268. The fraction of sp³-hybridized carbons (Fsp3) is 0.222. The number of fused-ring (bicyclic) bond motifs is 1. The van der Waals surface area contributed by atoms with Gasteiger partial charge in [0.1, 0.15) is 17.3 Å². The molecule has 1 aromatic heterocycles. The predicted octanol–water partition coefficient (Wildman–Crippen LogP) is 3.34. The Morgan fingerprint density at radius 2 is 1.92 bits per heavy atom. The second kappa shape index (κ2) is 6.62. The van der Waals surface area contributed by atoms with Crippen molar-refractivity contribution in [2.24, 2.45) is 0 Å². The van der Waals surface area contributed by atoms with Gasteiger partial charge < -0.3 is 19.6 Å². The monoisotopic (exact) mass is 326 g/mol. The lowest BCUT2D eigenvalue weighted by Crippen LogP contribution is -2.05. The molecule has 3 aromatic rings. The minimum Gasteiger partial charge on any atom is -0.497 e. The molecule has 1 atom stereocenters. The molecule has 2 aromatic carbocycles. The molecular weight excluding hydrogens is 308 g/mol. The van der Waals surface area contributed by atoms with E-state index in [1.807, 2.05) is 25.1 Å². The maximum Gasteiger partial charge on any atom is 0.307 e. The minimum atomic E-state index is -0.852. The van der Waals surface area contributed by atoms with E-state index in [0.29, 0.717) is 11.6 Å². The number of carbonyl (C=O) groups is 1. The molecular formula is C18H18N2O4. The number of aliphatic carboxylic acids is 1. The standard InChI is InChI=1S/C18H18N2O4/c1-11(24-13-5-3-12(4-6-13)9-17(21)22)18-19-15-8-7-14(23-2)10-16(15)20-18/h3-8,10-11H,9H2,1-2H3,(H,19,20)(H,21,22). The van der Waals surface area contributed by atoms with Gasteiger partial charge in [-0.25, -0.2) is 4.98 Å². The number of H-pyrrole nitrogens is 1. The van der Waals surface area contributed by atoms with E-state index in [-0.39, 0.29) is 12.5 Å². The van der Waals surface area contributed by atoms with Crippen molar-refractivity contribution in [2.75, 3.05) is 7.11 Å². The molecule has 1 unspecified atom stereocenters. The normalized spacial score (nSPS) is 12.1. The number of carboxylic acid groups (broad SMARTS) is 1. The second-order valence-electron chi connectivity index (χ2n) is 5.48. The number of benzene rings is 2. The van der Waals surface area contributed by atoms with Crippen LogP contribution >= 0.6 is 0 Å². The van der Waals surface area contributed by atoms with E-state index < -0.39 is 5.97 Å². The van der Waals surface area contributed by atoms with Crippen molar-refractivity contribution >= 4 is 17.0 Å². The fourth-order valence-corrected chi connectivity index (χ4v) is 2.45. The number of ether oxygens (including phenoxy) is 2. The zero-order valence-electron chi connectivity index (χ0n) is 13.4. The van der Waals surface area contributed by atoms with Gasteiger partial charge in [0, 0.05) is 6.07 Å². The smallest absolute Gasteiger partial charge is 0.307 e.